The normalized spacial score (nSPS) is 10.5. The number of nitro benzene ring substituents is 1. The van der Waals surface area contributed by atoms with Crippen molar-refractivity contribution in [2.75, 3.05) is 21.3 Å². The highest BCUT2D eigenvalue weighted by molar-refractivity contribution is 6.04. The van der Waals surface area contributed by atoms with Gasteiger partial charge in [-0.05, 0) is 24.3 Å². The highest BCUT2D eigenvalue weighted by Crippen LogP contribution is 2.42. The van der Waals surface area contributed by atoms with E-state index in [1.54, 1.807) is 24.4 Å². The minimum absolute atomic E-state index is 0.131. The van der Waals surface area contributed by atoms with Gasteiger partial charge in [-0.2, -0.15) is 0 Å². The third-order valence-electron chi connectivity index (χ3n) is 4.19. The second-order valence-corrected chi connectivity index (χ2v) is 5.56. The topological polar surface area (TPSA) is 101 Å². The molecule has 1 heterocycles. The van der Waals surface area contributed by atoms with Gasteiger partial charge in [-0.15, -0.1) is 0 Å². The Morgan fingerprint density at radius 3 is 2.37 bits per heavy atom. The van der Waals surface area contributed by atoms with Gasteiger partial charge < -0.3 is 14.2 Å². The van der Waals surface area contributed by atoms with E-state index in [1.807, 2.05) is 0 Å². The van der Waals surface area contributed by atoms with Gasteiger partial charge in [-0.25, -0.2) is 4.79 Å². The van der Waals surface area contributed by atoms with Crippen LogP contribution in [0.2, 0.25) is 0 Å². The molecular formula is C19H16N2O6. The molecule has 0 saturated heterocycles. The van der Waals surface area contributed by atoms with Gasteiger partial charge in [0, 0.05) is 23.3 Å². The van der Waals surface area contributed by atoms with Crippen molar-refractivity contribution in [1.82, 2.24) is 4.98 Å². The molecule has 0 aliphatic rings. The first-order valence-electron chi connectivity index (χ1n) is 7.87. The van der Waals surface area contributed by atoms with Gasteiger partial charge in [-0.1, -0.05) is 6.07 Å². The Morgan fingerprint density at radius 1 is 1.04 bits per heavy atom. The van der Waals surface area contributed by atoms with Crippen LogP contribution >= 0.6 is 0 Å². The van der Waals surface area contributed by atoms with Crippen molar-refractivity contribution in [3.8, 4) is 22.6 Å². The van der Waals surface area contributed by atoms with E-state index in [0.717, 1.165) is 0 Å². The highest BCUT2D eigenvalue weighted by Gasteiger charge is 2.26. The van der Waals surface area contributed by atoms with Crippen LogP contribution in [-0.2, 0) is 4.74 Å². The van der Waals surface area contributed by atoms with Crippen LogP contribution in [0.1, 0.15) is 10.4 Å². The summed E-state index contributed by atoms with van der Waals surface area (Å²) < 4.78 is 15.4. The Bertz CT molecular complexity index is 1050. The molecule has 0 radical (unpaired) electrons. The Kier molecular flexibility index (Phi) is 4.89. The molecule has 27 heavy (non-hydrogen) atoms. The summed E-state index contributed by atoms with van der Waals surface area (Å²) in [5.41, 5.74) is 0.573. The van der Waals surface area contributed by atoms with Gasteiger partial charge in [0.05, 0.1) is 42.8 Å². The molecule has 0 aliphatic heterocycles. The average molecular weight is 368 g/mol. The first kappa shape index (κ1) is 18.1. The minimum Gasteiger partial charge on any atom is -0.493 e. The Hall–Kier alpha value is -3.68. The molecule has 2 aromatic carbocycles. The monoisotopic (exact) mass is 368 g/mol. The van der Waals surface area contributed by atoms with Gasteiger partial charge in [-0.3, -0.25) is 15.1 Å². The molecule has 8 nitrogen and oxygen atoms in total. The molecule has 138 valence electrons. The summed E-state index contributed by atoms with van der Waals surface area (Å²) in [6.45, 7) is 0. The summed E-state index contributed by atoms with van der Waals surface area (Å²) in [6.07, 6.45) is 3.02. The molecule has 0 fully saturated rings. The van der Waals surface area contributed by atoms with E-state index in [1.165, 1.54) is 39.7 Å². The predicted molar refractivity (Wildman–Crippen MR) is 98.3 cm³/mol. The number of benzene rings is 2. The maximum absolute atomic E-state index is 12.3. The largest absolute Gasteiger partial charge is 0.493 e. The number of hydrogen-bond acceptors (Lipinski definition) is 7. The lowest BCUT2D eigenvalue weighted by molar-refractivity contribution is -0.382. The van der Waals surface area contributed by atoms with E-state index < -0.39 is 10.9 Å². The van der Waals surface area contributed by atoms with Crippen LogP contribution in [0.3, 0.4) is 0 Å². The molecule has 8 heteroatoms. The highest BCUT2D eigenvalue weighted by atomic mass is 16.6. The number of hydrogen-bond donors (Lipinski definition) is 0. The molecule has 0 atom stereocenters. The number of nitro groups is 1. The quantitative estimate of drug-likeness (QED) is 0.385. The van der Waals surface area contributed by atoms with Crippen LogP contribution in [-0.4, -0.2) is 37.2 Å². The van der Waals surface area contributed by atoms with Crippen LogP contribution in [0.4, 0.5) is 5.69 Å². The van der Waals surface area contributed by atoms with E-state index in [0.29, 0.717) is 27.8 Å². The summed E-state index contributed by atoms with van der Waals surface area (Å²) in [5.74, 6) is 0.00800. The molecule has 0 aliphatic carbocycles. The van der Waals surface area contributed by atoms with Gasteiger partial charge in [0.1, 0.15) is 0 Å². The van der Waals surface area contributed by atoms with E-state index in [9.17, 15) is 14.9 Å². The number of pyridine rings is 1. The van der Waals surface area contributed by atoms with Gasteiger partial charge in [0.2, 0.25) is 0 Å². The van der Waals surface area contributed by atoms with Crippen LogP contribution < -0.4 is 9.47 Å². The Balaban J connectivity index is 2.41. The second-order valence-electron chi connectivity index (χ2n) is 5.56. The fourth-order valence-electron chi connectivity index (χ4n) is 2.95. The summed E-state index contributed by atoms with van der Waals surface area (Å²) >= 11 is 0. The zero-order valence-electron chi connectivity index (χ0n) is 14.9. The lowest BCUT2D eigenvalue weighted by Crippen LogP contribution is -2.06. The molecule has 1 aromatic heterocycles. The fraction of sp³-hybridized carbons (Fsp3) is 0.158. The van der Waals surface area contributed by atoms with Gasteiger partial charge >= 0.3 is 5.97 Å². The lowest BCUT2D eigenvalue weighted by atomic mass is 9.95. The lowest BCUT2D eigenvalue weighted by Gasteiger charge is -2.15. The molecular weight excluding hydrogens is 352 g/mol. The van der Waals surface area contributed by atoms with Crippen LogP contribution in [0, 0.1) is 10.1 Å². The van der Waals surface area contributed by atoms with Crippen molar-refractivity contribution in [3.63, 3.8) is 0 Å². The maximum atomic E-state index is 12.3. The summed E-state index contributed by atoms with van der Waals surface area (Å²) in [5, 5.41) is 12.9. The number of fused-ring (bicyclic) bond motifs is 1. The van der Waals surface area contributed by atoms with Crippen LogP contribution in [0.25, 0.3) is 21.9 Å². The number of methoxy groups -OCH3 is 3. The average Bonchev–Trinajstić information content (AvgIpc) is 2.70. The number of carbonyl (C=O) groups excluding carboxylic acids is 1. The van der Waals surface area contributed by atoms with Gasteiger partial charge in [0.25, 0.3) is 5.69 Å². The second kappa shape index (κ2) is 7.28. The SMILES string of the molecule is COC(=O)c1cc(OC)c(OC)cc1-c1ccc2cnccc2c1[N+](=O)[O-]. The van der Waals surface area contributed by atoms with Crippen molar-refractivity contribution in [3.05, 3.63) is 58.4 Å². The maximum Gasteiger partial charge on any atom is 0.338 e. The molecule has 0 unspecified atom stereocenters. The van der Waals surface area contributed by atoms with Crippen molar-refractivity contribution in [2.24, 2.45) is 0 Å². The zero-order valence-corrected chi connectivity index (χ0v) is 14.9. The summed E-state index contributed by atoms with van der Waals surface area (Å²) in [6, 6.07) is 7.83. The molecule has 0 amide bonds. The third-order valence-corrected chi connectivity index (χ3v) is 4.19. The standard InChI is InChI=1S/C19H16N2O6/c1-25-16-8-14(15(19(22)27-3)9-17(16)26-2)13-5-4-11-10-20-7-6-12(11)18(13)21(23)24/h4-10H,1-3H3. The molecule has 0 spiro atoms. The smallest absolute Gasteiger partial charge is 0.338 e. The van der Waals surface area contributed by atoms with Gasteiger partial charge in [0.15, 0.2) is 11.5 Å². The van der Waals surface area contributed by atoms with E-state index >= 15 is 0 Å². The molecule has 3 rings (SSSR count). The zero-order chi connectivity index (χ0) is 19.6. The molecule has 0 N–H and O–H groups in total. The Morgan fingerprint density at radius 2 is 1.74 bits per heavy atom. The van der Waals surface area contributed by atoms with Crippen LogP contribution in [0.15, 0.2) is 42.7 Å². The number of esters is 1. The van der Waals surface area contributed by atoms with Crippen molar-refractivity contribution >= 4 is 22.4 Å². The Labute approximate surface area is 154 Å². The van der Waals surface area contributed by atoms with Crippen molar-refractivity contribution in [1.29, 1.82) is 0 Å². The summed E-state index contributed by atoms with van der Waals surface area (Å²) in [4.78, 5) is 27.7. The minimum atomic E-state index is -0.643. The molecule has 0 saturated carbocycles. The first-order valence-corrected chi connectivity index (χ1v) is 7.87. The number of aromatic nitrogens is 1. The number of ether oxygens (including phenoxy) is 3. The first-order chi connectivity index (χ1) is 13.0. The fourth-order valence-corrected chi connectivity index (χ4v) is 2.95. The van der Waals surface area contributed by atoms with Crippen molar-refractivity contribution in [2.45, 2.75) is 0 Å². The van der Waals surface area contributed by atoms with Crippen LogP contribution in [0.5, 0.6) is 11.5 Å². The molecule has 3 aromatic rings. The van der Waals surface area contributed by atoms with E-state index in [-0.39, 0.29) is 16.8 Å². The third kappa shape index (κ3) is 3.12. The van der Waals surface area contributed by atoms with Crippen molar-refractivity contribution < 1.29 is 23.9 Å². The number of nitrogens with zero attached hydrogens (tertiary/aromatic N) is 2. The predicted octanol–water partition coefficient (Wildman–Crippen LogP) is 3.61. The summed E-state index contributed by atoms with van der Waals surface area (Å²) in [7, 11) is 4.12. The van der Waals surface area contributed by atoms with E-state index in [4.69, 9.17) is 14.2 Å². The van der Waals surface area contributed by atoms with E-state index in [2.05, 4.69) is 4.98 Å². The number of carbonyl (C=O) groups is 1. The molecule has 0 bridgehead atoms. The number of rotatable bonds is 5.